The number of fused-ring (bicyclic) bond motifs is 1. The number of nitrogens with zero attached hydrogens (tertiary/aromatic N) is 4. The van der Waals surface area contributed by atoms with Crippen LogP contribution in [0.2, 0.25) is 5.15 Å². The Bertz CT molecular complexity index is 469. The van der Waals surface area contributed by atoms with Crippen LogP contribution < -0.4 is 4.90 Å². The molecule has 0 atom stereocenters. The van der Waals surface area contributed by atoms with E-state index in [1.54, 1.807) is 6.20 Å². The fraction of sp³-hybridized carbons (Fsp3) is 0.222. The minimum absolute atomic E-state index is 0.459. The molecule has 0 saturated heterocycles. The van der Waals surface area contributed by atoms with Crippen LogP contribution in [0.4, 0.5) is 5.82 Å². The zero-order valence-corrected chi connectivity index (χ0v) is 8.65. The Kier molecular flexibility index (Phi) is 2.21. The van der Waals surface area contributed by atoms with Gasteiger partial charge in [-0.3, -0.25) is 0 Å². The number of anilines is 1. The first-order valence-electron chi connectivity index (χ1n) is 4.12. The van der Waals surface area contributed by atoms with E-state index in [4.69, 9.17) is 11.6 Å². The van der Waals surface area contributed by atoms with Gasteiger partial charge in [-0.2, -0.15) is 0 Å². The van der Waals surface area contributed by atoms with E-state index < -0.39 is 0 Å². The predicted octanol–water partition coefficient (Wildman–Crippen LogP) is 1.74. The van der Waals surface area contributed by atoms with Crippen LogP contribution in [0, 0.1) is 0 Å². The summed E-state index contributed by atoms with van der Waals surface area (Å²) in [5.74, 6) is 0.842. The minimum Gasteiger partial charge on any atom is -0.363 e. The van der Waals surface area contributed by atoms with Crippen LogP contribution in [0.15, 0.2) is 18.6 Å². The van der Waals surface area contributed by atoms with Crippen LogP contribution in [0.5, 0.6) is 0 Å². The molecule has 72 valence electrons. The van der Waals surface area contributed by atoms with Crippen LogP contribution >= 0.6 is 11.6 Å². The smallest absolute Gasteiger partial charge is 0.140 e. The van der Waals surface area contributed by atoms with Gasteiger partial charge in [-0.15, -0.1) is 0 Å². The van der Waals surface area contributed by atoms with Crippen molar-refractivity contribution in [2.45, 2.75) is 0 Å². The van der Waals surface area contributed by atoms with Crippen molar-refractivity contribution in [1.82, 2.24) is 15.0 Å². The second-order valence-corrected chi connectivity index (χ2v) is 3.48. The first kappa shape index (κ1) is 9.15. The lowest BCUT2D eigenvalue weighted by Crippen LogP contribution is -2.10. The van der Waals surface area contributed by atoms with E-state index in [2.05, 4.69) is 15.0 Å². The Morgan fingerprint density at radius 1 is 1.21 bits per heavy atom. The Morgan fingerprint density at radius 3 is 2.71 bits per heavy atom. The number of hydrogen-bond acceptors (Lipinski definition) is 4. The Labute approximate surface area is 86.6 Å². The van der Waals surface area contributed by atoms with Gasteiger partial charge in [0.25, 0.3) is 0 Å². The average molecular weight is 209 g/mol. The molecule has 2 rings (SSSR count). The Morgan fingerprint density at radius 2 is 2.00 bits per heavy atom. The van der Waals surface area contributed by atoms with Crippen LogP contribution in [-0.2, 0) is 0 Å². The van der Waals surface area contributed by atoms with Gasteiger partial charge in [-0.25, -0.2) is 15.0 Å². The molecule has 14 heavy (non-hydrogen) atoms. The molecule has 4 nitrogen and oxygen atoms in total. The highest BCUT2D eigenvalue weighted by atomic mass is 35.5. The van der Waals surface area contributed by atoms with Crippen LogP contribution in [-0.4, -0.2) is 29.0 Å². The third-order valence-electron chi connectivity index (χ3n) is 1.92. The molecule has 0 spiro atoms. The van der Waals surface area contributed by atoms with Gasteiger partial charge in [0, 0.05) is 19.5 Å². The van der Waals surface area contributed by atoms with Crippen molar-refractivity contribution in [2.24, 2.45) is 0 Å². The number of hydrogen-bond donors (Lipinski definition) is 0. The summed E-state index contributed by atoms with van der Waals surface area (Å²) in [5, 5.41) is 1.29. The van der Waals surface area contributed by atoms with Crippen molar-refractivity contribution in [3.63, 3.8) is 0 Å². The van der Waals surface area contributed by atoms with Gasteiger partial charge in [0.1, 0.15) is 17.3 Å². The number of halogens is 1. The molecule has 5 heteroatoms. The highest BCUT2D eigenvalue weighted by molar-refractivity contribution is 6.34. The van der Waals surface area contributed by atoms with Crippen molar-refractivity contribution in [3.05, 3.63) is 23.7 Å². The summed E-state index contributed by atoms with van der Waals surface area (Å²) >= 11 is 5.94. The monoisotopic (exact) mass is 208 g/mol. The van der Waals surface area contributed by atoms with Crippen LogP contribution in [0.1, 0.15) is 0 Å². The molecule has 0 amide bonds. The van der Waals surface area contributed by atoms with Gasteiger partial charge < -0.3 is 4.90 Å². The maximum Gasteiger partial charge on any atom is 0.140 e. The maximum absolute atomic E-state index is 5.94. The molecule has 2 aromatic heterocycles. The summed E-state index contributed by atoms with van der Waals surface area (Å²) in [7, 11) is 3.84. The number of aromatic nitrogens is 3. The van der Waals surface area contributed by atoms with E-state index in [0.717, 1.165) is 16.7 Å². The summed E-state index contributed by atoms with van der Waals surface area (Å²) < 4.78 is 0. The minimum atomic E-state index is 0.459. The van der Waals surface area contributed by atoms with Gasteiger partial charge in [-0.1, -0.05) is 11.6 Å². The quantitative estimate of drug-likeness (QED) is 0.670. The summed E-state index contributed by atoms with van der Waals surface area (Å²) in [6, 6.07) is 1.87. The summed E-state index contributed by atoms with van der Waals surface area (Å²) in [6.07, 6.45) is 3.12. The molecular formula is C9H9ClN4. The Hall–Kier alpha value is -1.42. The van der Waals surface area contributed by atoms with Crippen molar-refractivity contribution < 1.29 is 0 Å². The van der Waals surface area contributed by atoms with Gasteiger partial charge in [0.05, 0.1) is 11.7 Å². The fourth-order valence-electron chi connectivity index (χ4n) is 1.16. The molecule has 2 heterocycles. The predicted molar refractivity (Wildman–Crippen MR) is 56.7 cm³/mol. The summed E-state index contributed by atoms with van der Waals surface area (Å²) in [4.78, 5) is 14.1. The van der Waals surface area contributed by atoms with Crippen molar-refractivity contribution in [3.8, 4) is 0 Å². The van der Waals surface area contributed by atoms with E-state index >= 15 is 0 Å². The van der Waals surface area contributed by atoms with Crippen molar-refractivity contribution in [1.29, 1.82) is 0 Å². The SMILES string of the molecule is CN(C)c1cc2c(Cl)ncnc2cn1. The molecule has 0 bridgehead atoms. The third-order valence-corrected chi connectivity index (χ3v) is 2.22. The standard InChI is InChI=1S/C9H9ClN4/c1-14(2)8-3-6-7(4-11-8)12-5-13-9(6)10/h3-5H,1-2H3. The van der Waals surface area contributed by atoms with Gasteiger partial charge in [-0.05, 0) is 6.07 Å². The molecule has 0 aromatic carbocycles. The lowest BCUT2D eigenvalue weighted by molar-refractivity contribution is 1.07. The second kappa shape index (κ2) is 3.38. The highest BCUT2D eigenvalue weighted by Gasteiger charge is 2.04. The summed E-state index contributed by atoms with van der Waals surface area (Å²) in [5.41, 5.74) is 0.760. The van der Waals surface area contributed by atoms with E-state index in [9.17, 15) is 0 Å². The molecule has 0 fully saturated rings. The summed E-state index contributed by atoms with van der Waals surface area (Å²) in [6.45, 7) is 0. The van der Waals surface area contributed by atoms with E-state index in [0.29, 0.717) is 5.15 Å². The molecule has 0 aliphatic rings. The second-order valence-electron chi connectivity index (χ2n) is 3.12. The van der Waals surface area contributed by atoms with E-state index in [1.807, 2.05) is 25.1 Å². The van der Waals surface area contributed by atoms with E-state index in [1.165, 1.54) is 6.33 Å². The lowest BCUT2D eigenvalue weighted by Gasteiger charge is -2.11. The normalized spacial score (nSPS) is 10.5. The average Bonchev–Trinajstić information content (AvgIpc) is 2.18. The van der Waals surface area contributed by atoms with Crippen LogP contribution in [0.3, 0.4) is 0 Å². The molecule has 0 aliphatic carbocycles. The fourth-order valence-corrected chi connectivity index (χ4v) is 1.36. The van der Waals surface area contributed by atoms with Gasteiger partial charge >= 0.3 is 0 Å². The zero-order chi connectivity index (χ0) is 10.1. The number of rotatable bonds is 1. The van der Waals surface area contributed by atoms with Crippen LogP contribution in [0.25, 0.3) is 10.9 Å². The zero-order valence-electron chi connectivity index (χ0n) is 7.90. The first-order valence-corrected chi connectivity index (χ1v) is 4.50. The molecule has 2 aromatic rings. The first-order chi connectivity index (χ1) is 6.68. The largest absolute Gasteiger partial charge is 0.363 e. The van der Waals surface area contributed by atoms with Crippen molar-refractivity contribution in [2.75, 3.05) is 19.0 Å². The van der Waals surface area contributed by atoms with Gasteiger partial charge in [0.15, 0.2) is 0 Å². The lowest BCUT2D eigenvalue weighted by atomic mass is 10.3. The molecule has 0 saturated carbocycles. The molecule has 0 radical (unpaired) electrons. The number of pyridine rings is 1. The third kappa shape index (κ3) is 1.48. The highest BCUT2D eigenvalue weighted by Crippen LogP contribution is 2.21. The molecule has 0 unspecified atom stereocenters. The van der Waals surface area contributed by atoms with Crippen molar-refractivity contribution >= 4 is 28.3 Å². The topological polar surface area (TPSA) is 41.9 Å². The molecule has 0 aliphatic heterocycles. The van der Waals surface area contributed by atoms with E-state index in [-0.39, 0.29) is 0 Å². The maximum atomic E-state index is 5.94. The van der Waals surface area contributed by atoms with Gasteiger partial charge in [0.2, 0.25) is 0 Å². The Balaban J connectivity index is 2.70. The molecular weight excluding hydrogens is 200 g/mol. The molecule has 0 N–H and O–H groups in total.